The Morgan fingerprint density at radius 2 is 2.03 bits per heavy atom. The second kappa shape index (κ2) is 7.44. The number of nitriles is 2. The van der Waals surface area contributed by atoms with E-state index in [0.29, 0.717) is 36.5 Å². The lowest BCUT2D eigenvalue weighted by atomic mass is 9.44. The molecule has 4 aliphatic carbocycles. The van der Waals surface area contributed by atoms with Crippen molar-refractivity contribution in [2.45, 2.75) is 83.8 Å². The van der Waals surface area contributed by atoms with E-state index in [9.17, 15) is 15.2 Å². The van der Waals surface area contributed by atoms with Crippen molar-refractivity contribution in [2.24, 2.45) is 34.5 Å². The van der Waals surface area contributed by atoms with Gasteiger partial charge in [-0.25, -0.2) is 0 Å². The second-order valence-electron chi connectivity index (χ2n) is 10.3. The Bertz CT molecular complexity index is 793. The summed E-state index contributed by atoms with van der Waals surface area (Å²) in [6.07, 6.45) is 8.61. The highest BCUT2D eigenvalue weighted by atomic mass is 16.6. The van der Waals surface area contributed by atoms with Crippen molar-refractivity contribution in [3.05, 3.63) is 11.6 Å². The van der Waals surface area contributed by atoms with Gasteiger partial charge in [-0.1, -0.05) is 19.4 Å². The first-order chi connectivity index (χ1) is 13.8. The summed E-state index contributed by atoms with van der Waals surface area (Å²) in [6.45, 7) is 4.73. The number of allylic oxidation sites excluding steroid dienone is 2. The molecule has 0 amide bonds. The van der Waals surface area contributed by atoms with Gasteiger partial charge in [0.25, 0.3) is 0 Å². The molecule has 4 fully saturated rings. The summed E-state index contributed by atoms with van der Waals surface area (Å²) in [5, 5.41) is 28.6. The van der Waals surface area contributed by atoms with Crippen LogP contribution in [0.5, 0.6) is 0 Å². The minimum Gasteiger partial charge on any atom is -0.459 e. The van der Waals surface area contributed by atoms with Crippen molar-refractivity contribution in [1.29, 1.82) is 10.5 Å². The molecule has 5 nitrogen and oxygen atoms in total. The molecule has 5 heteroatoms. The summed E-state index contributed by atoms with van der Waals surface area (Å²) in [5.41, 5.74) is 1.56. The molecule has 29 heavy (non-hydrogen) atoms. The third-order valence-electron chi connectivity index (χ3n) is 9.25. The van der Waals surface area contributed by atoms with Crippen molar-refractivity contribution >= 4 is 5.97 Å². The Hall–Kier alpha value is -1.85. The number of ether oxygens (including phenoxy) is 1. The van der Waals surface area contributed by atoms with Gasteiger partial charge in [-0.15, -0.1) is 0 Å². The molecule has 0 spiro atoms. The summed E-state index contributed by atoms with van der Waals surface area (Å²) in [5.74, 6) is 1.79. The molecule has 0 aromatic rings. The van der Waals surface area contributed by atoms with E-state index in [4.69, 9.17) is 10.00 Å². The zero-order valence-electron chi connectivity index (χ0n) is 17.6. The van der Waals surface area contributed by atoms with Gasteiger partial charge in [0.2, 0.25) is 0 Å². The first-order valence-corrected chi connectivity index (χ1v) is 11.2. The maximum Gasteiger partial charge on any atom is 0.320 e. The molecule has 156 valence electrons. The van der Waals surface area contributed by atoms with Gasteiger partial charge in [0.15, 0.2) is 0 Å². The van der Waals surface area contributed by atoms with E-state index in [-0.39, 0.29) is 17.3 Å². The predicted octanol–water partition coefficient (Wildman–Crippen LogP) is 4.28. The van der Waals surface area contributed by atoms with E-state index in [1.54, 1.807) is 6.08 Å². The van der Waals surface area contributed by atoms with Crippen LogP contribution in [0.4, 0.5) is 0 Å². The van der Waals surface area contributed by atoms with Crippen LogP contribution in [0, 0.1) is 57.2 Å². The van der Waals surface area contributed by atoms with Gasteiger partial charge in [-0.05, 0) is 85.9 Å². The number of nitrogens with zero attached hydrogens (tertiary/aromatic N) is 2. The molecule has 0 aromatic carbocycles. The van der Waals surface area contributed by atoms with E-state index >= 15 is 0 Å². The highest BCUT2D eigenvalue weighted by molar-refractivity contribution is 5.72. The van der Waals surface area contributed by atoms with Crippen LogP contribution >= 0.6 is 0 Å². The molecule has 4 aliphatic rings. The average Bonchev–Trinajstić information content (AvgIpc) is 3.00. The Kier molecular flexibility index (Phi) is 5.24. The fourth-order valence-corrected chi connectivity index (χ4v) is 7.81. The maximum atomic E-state index is 11.9. The van der Waals surface area contributed by atoms with Crippen molar-refractivity contribution in [3.63, 3.8) is 0 Å². The third kappa shape index (κ3) is 3.19. The Morgan fingerprint density at radius 1 is 1.24 bits per heavy atom. The normalized spacial score (nSPS) is 47.3. The lowest BCUT2D eigenvalue weighted by molar-refractivity contribution is -0.181. The number of esters is 1. The molecule has 0 bridgehead atoms. The number of hydrogen-bond acceptors (Lipinski definition) is 5. The van der Waals surface area contributed by atoms with Gasteiger partial charge in [0.05, 0.1) is 18.2 Å². The maximum absolute atomic E-state index is 11.9. The number of carbonyl (C=O) groups excluding carboxylic acids is 1. The van der Waals surface area contributed by atoms with Crippen LogP contribution in [0.2, 0.25) is 0 Å². The highest BCUT2D eigenvalue weighted by Gasteiger charge is 2.60. The van der Waals surface area contributed by atoms with Crippen LogP contribution in [-0.2, 0) is 9.53 Å². The van der Waals surface area contributed by atoms with E-state index in [1.165, 1.54) is 18.4 Å². The molecule has 0 aliphatic heterocycles. The first-order valence-electron chi connectivity index (χ1n) is 11.2. The van der Waals surface area contributed by atoms with Crippen molar-refractivity contribution in [2.75, 3.05) is 0 Å². The monoisotopic (exact) mass is 396 g/mol. The highest BCUT2D eigenvalue weighted by Crippen LogP contribution is 2.67. The number of rotatable bonds is 2. The molecule has 0 heterocycles. The predicted molar refractivity (Wildman–Crippen MR) is 107 cm³/mol. The summed E-state index contributed by atoms with van der Waals surface area (Å²) < 4.78 is 5.54. The first kappa shape index (κ1) is 20.4. The van der Waals surface area contributed by atoms with Crippen molar-refractivity contribution in [1.82, 2.24) is 0 Å². The fourth-order valence-electron chi connectivity index (χ4n) is 7.81. The fraction of sp³-hybridized carbons (Fsp3) is 0.792. The summed E-state index contributed by atoms with van der Waals surface area (Å²) in [7, 11) is 0. The lowest BCUT2D eigenvalue weighted by Crippen LogP contribution is -2.56. The molecule has 1 N–H and O–H groups in total. The van der Waals surface area contributed by atoms with Gasteiger partial charge < -0.3 is 9.84 Å². The molecule has 0 aromatic heterocycles. The zero-order valence-corrected chi connectivity index (χ0v) is 17.6. The molecule has 4 rings (SSSR count). The number of hydrogen-bond donors (Lipinski definition) is 1. The zero-order chi connectivity index (χ0) is 20.8. The summed E-state index contributed by atoms with van der Waals surface area (Å²) in [6, 6.07) is 4.11. The molecule has 8 atom stereocenters. The van der Waals surface area contributed by atoms with Crippen LogP contribution in [0.25, 0.3) is 0 Å². The van der Waals surface area contributed by atoms with Crippen molar-refractivity contribution < 1.29 is 14.6 Å². The quantitative estimate of drug-likeness (QED) is 0.555. The van der Waals surface area contributed by atoms with Crippen LogP contribution in [-0.4, -0.2) is 23.3 Å². The molecule has 4 saturated carbocycles. The standard InChI is InChI=1S/C24H32N2O3/c1-23-10-7-19-17(18(23)6-4-15(23)8-11-25)5-3-16-13-20(27)21(14-24(16,19)2)29-22(28)9-12-26/h8,16-21,27H,3-7,9-10,13-14H2,1-2H3/t16-,17-,18-,19-,20-,21-,23+,24-/m0/s1. The summed E-state index contributed by atoms with van der Waals surface area (Å²) in [4.78, 5) is 11.9. The third-order valence-corrected chi connectivity index (χ3v) is 9.25. The van der Waals surface area contributed by atoms with E-state index in [2.05, 4.69) is 19.9 Å². The summed E-state index contributed by atoms with van der Waals surface area (Å²) >= 11 is 0. The van der Waals surface area contributed by atoms with Crippen molar-refractivity contribution in [3.8, 4) is 12.1 Å². The van der Waals surface area contributed by atoms with Crippen LogP contribution in [0.1, 0.15) is 71.6 Å². The van der Waals surface area contributed by atoms with Gasteiger partial charge in [-0.2, -0.15) is 10.5 Å². The lowest BCUT2D eigenvalue weighted by Gasteiger charge is -2.61. The average molecular weight is 397 g/mol. The van der Waals surface area contributed by atoms with Crippen LogP contribution in [0.15, 0.2) is 11.6 Å². The van der Waals surface area contributed by atoms with Crippen LogP contribution in [0.3, 0.4) is 0 Å². The van der Waals surface area contributed by atoms with Gasteiger partial charge in [0.1, 0.15) is 12.5 Å². The van der Waals surface area contributed by atoms with Gasteiger partial charge in [-0.3, -0.25) is 4.79 Å². The smallest absolute Gasteiger partial charge is 0.320 e. The Morgan fingerprint density at radius 3 is 2.76 bits per heavy atom. The largest absolute Gasteiger partial charge is 0.459 e. The molecule has 0 radical (unpaired) electrons. The van der Waals surface area contributed by atoms with E-state index < -0.39 is 18.2 Å². The minimum absolute atomic E-state index is 0.0583. The van der Waals surface area contributed by atoms with Crippen LogP contribution < -0.4 is 0 Å². The molecule has 0 unspecified atom stereocenters. The molecule has 0 saturated heterocycles. The molecular formula is C24H32N2O3. The topological polar surface area (TPSA) is 94.1 Å². The Balaban J connectivity index is 1.57. The van der Waals surface area contributed by atoms with E-state index in [1.807, 2.05) is 6.07 Å². The molecular weight excluding hydrogens is 364 g/mol. The van der Waals surface area contributed by atoms with Gasteiger partial charge >= 0.3 is 5.97 Å². The number of aliphatic hydroxyl groups excluding tert-OH is 1. The van der Waals surface area contributed by atoms with E-state index in [0.717, 1.165) is 25.7 Å². The Labute approximate surface area is 173 Å². The minimum atomic E-state index is -0.627. The number of fused-ring (bicyclic) bond motifs is 5. The van der Waals surface area contributed by atoms with Gasteiger partial charge in [0, 0.05) is 6.08 Å². The number of carbonyl (C=O) groups is 1. The number of aliphatic hydroxyl groups is 1. The second-order valence-corrected chi connectivity index (χ2v) is 10.3. The SMILES string of the molecule is C[C@]12C[C@H](OC(=O)CC#N)[C@@H](O)C[C@@H]1CC[C@@H]1[C@@H]2CC[C@]2(C)C(=CC#N)CC[C@@H]12.